The molecule has 1 aromatic carbocycles. The van der Waals surface area contributed by atoms with Crippen molar-refractivity contribution in [3.8, 4) is 0 Å². The topological polar surface area (TPSA) is 133 Å². The first-order chi connectivity index (χ1) is 15.7. The number of rotatable bonds is 4. The Labute approximate surface area is 191 Å². The lowest BCUT2D eigenvalue weighted by Crippen LogP contribution is -2.50. The summed E-state index contributed by atoms with van der Waals surface area (Å²) in [5, 5.41) is 8.99. The van der Waals surface area contributed by atoms with Gasteiger partial charge < -0.3 is 24.5 Å². The highest BCUT2D eigenvalue weighted by Gasteiger charge is 2.31. The molecule has 33 heavy (non-hydrogen) atoms. The van der Waals surface area contributed by atoms with E-state index in [2.05, 4.69) is 9.97 Å². The number of aromatic nitrogens is 2. The van der Waals surface area contributed by atoms with Crippen molar-refractivity contribution in [2.75, 3.05) is 43.9 Å². The quantitative estimate of drug-likeness (QED) is 0.651. The lowest BCUT2D eigenvalue weighted by Gasteiger charge is -2.37. The number of carboxylic acid groups (broad SMARTS) is 1. The summed E-state index contributed by atoms with van der Waals surface area (Å²) in [4.78, 5) is 37.0. The van der Waals surface area contributed by atoms with Crippen molar-refractivity contribution in [2.24, 2.45) is 0 Å². The third kappa shape index (κ3) is 5.16. The van der Waals surface area contributed by atoms with Gasteiger partial charge in [0.1, 0.15) is 12.4 Å². The highest BCUT2D eigenvalue weighted by Crippen LogP contribution is 2.28. The van der Waals surface area contributed by atoms with E-state index in [-0.39, 0.29) is 24.9 Å². The molecular formula is C21H25N5O6S. The van der Waals surface area contributed by atoms with Crippen LogP contribution in [0.2, 0.25) is 0 Å². The summed E-state index contributed by atoms with van der Waals surface area (Å²) in [5.41, 5.74) is 2.06. The Morgan fingerprint density at radius 3 is 2.36 bits per heavy atom. The third-order valence-electron chi connectivity index (χ3n) is 5.67. The van der Waals surface area contributed by atoms with E-state index in [1.807, 2.05) is 35.2 Å². The van der Waals surface area contributed by atoms with E-state index >= 15 is 0 Å². The van der Waals surface area contributed by atoms with Crippen molar-refractivity contribution < 1.29 is 27.9 Å². The van der Waals surface area contributed by atoms with E-state index in [1.54, 1.807) is 4.90 Å². The van der Waals surface area contributed by atoms with E-state index in [4.69, 9.17) is 4.74 Å². The minimum atomic E-state index is -3.69. The molecule has 2 aromatic rings. The molecule has 1 saturated heterocycles. The summed E-state index contributed by atoms with van der Waals surface area (Å²) < 4.78 is 29.7. The summed E-state index contributed by atoms with van der Waals surface area (Å²) in [7, 11) is -3.69. The van der Waals surface area contributed by atoms with Gasteiger partial charge in [-0.05, 0) is 12.0 Å². The van der Waals surface area contributed by atoms with Crippen LogP contribution in [0.3, 0.4) is 0 Å². The maximum atomic E-state index is 12.5. The zero-order valence-corrected chi connectivity index (χ0v) is 19.0. The van der Waals surface area contributed by atoms with E-state index in [0.717, 1.165) is 17.4 Å². The van der Waals surface area contributed by atoms with Gasteiger partial charge in [-0.15, -0.1) is 0 Å². The Hall–Kier alpha value is -3.41. The molecule has 0 bridgehead atoms. The molecule has 3 heterocycles. The maximum absolute atomic E-state index is 12.5. The van der Waals surface area contributed by atoms with Crippen LogP contribution < -0.4 is 4.90 Å². The van der Waals surface area contributed by atoms with Gasteiger partial charge in [0.15, 0.2) is 0 Å². The molecule has 0 atom stereocenters. The number of anilines is 1. The number of sulfone groups is 1. The molecule has 0 radical (unpaired) electrons. The van der Waals surface area contributed by atoms with Crippen LogP contribution in [0.4, 0.5) is 15.4 Å². The van der Waals surface area contributed by atoms with Crippen LogP contribution in [-0.4, -0.2) is 84.5 Å². The summed E-state index contributed by atoms with van der Waals surface area (Å²) in [5.74, 6) is 0.489. The van der Waals surface area contributed by atoms with Gasteiger partial charge in [0.25, 0.3) is 0 Å². The number of nitrogens with zero attached hydrogens (tertiary/aromatic N) is 5. The largest absolute Gasteiger partial charge is 0.465 e. The summed E-state index contributed by atoms with van der Waals surface area (Å²) in [6.45, 7) is 2.14. The zero-order valence-electron chi connectivity index (χ0n) is 18.2. The average molecular weight is 476 g/mol. The number of amides is 2. The number of fused-ring (bicyclic) bond motifs is 1. The second-order valence-electron chi connectivity index (χ2n) is 8.00. The van der Waals surface area contributed by atoms with Gasteiger partial charge in [-0.25, -0.2) is 28.0 Å². The lowest BCUT2D eigenvalue weighted by atomic mass is 10.1. The number of ether oxygens (including phenoxy) is 1. The molecule has 12 heteroatoms. The first-order valence-corrected chi connectivity index (χ1v) is 12.4. The van der Waals surface area contributed by atoms with E-state index in [0.29, 0.717) is 44.1 Å². The molecule has 2 aliphatic heterocycles. The molecule has 1 N–H and O–H groups in total. The minimum Gasteiger partial charge on any atom is -0.465 e. The van der Waals surface area contributed by atoms with Crippen molar-refractivity contribution >= 4 is 27.8 Å². The first kappa shape index (κ1) is 22.8. The Kier molecular flexibility index (Phi) is 6.36. The minimum absolute atomic E-state index is 0.00842. The Balaban J connectivity index is 1.48. The summed E-state index contributed by atoms with van der Waals surface area (Å²) in [6, 6.07) is 9.42. The molecule has 2 amide bonds. The molecule has 2 aliphatic rings. The highest BCUT2D eigenvalue weighted by molar-refractivity contribution is 7.90. The van der Waals surface area contributed by atoms with Crippen molar-refractivity contribution in [2.45, 2.75) is 24.7 Å². The van der Waals surface area contributed by atoms with Gasteiger partial charge >= 0.3 is 12.2 Å². The highest BCUT2D eigenvalue weighted by atomic mass is 32.2. The SMILES string of the molecule is CS(=O)(=O)c1nc2c(c(N3CCN(C(=O)OCc4ccccc4)CC3)n1)CCN(C(=O)O)C2. The van der Waals surface area contributed by atoms with Crippen LogP contribution in [-0.2, 0) is 34.1 Å². The van der Waals surface area contributed by atoms with Crippen LogP contribution in [0.1, 0.15) is 16.8 Å². The average Bonchev–Trinajstić information content (AvgIpc) is 2.81. The first-order valence-electron chi connectivity index (χ1n) is 10.5. The van der Waals surface area contributed by atoms with E-state index < -0.39 is 22.0 Å². The van der Waals surface area contributed by atoms with Gasteiger partial charge in [-0.1, -0.05) is 30.3 Å². The molecule has 0 aliphatic carbocycles. The molecule has 0 spiro atoms. The second-order valence-corrected chi connectivity index (χ2v) is 9.91. The number of hydrogen-bond acceptors (Lipinski definition) is 8. The predicted octanol–water partition coefficient (Wildman–Crippen LogP) is 1.37. The van der Waals surface area contributed by atoms with Crippen LogP contribution in [0.5, 0.6) is 0 Å². The fourth-order valence-corrected chi connectivity index (χ4v) is 4.42. The molecular weight excluding hydrogens is 450 g/mol. The Bertz CT molecular complexity index is 1150. The monoisotopic (exact) mass is 475 g/mol. The van der Waals surface area contributed by atoms with E-state index in [9.17, 15) is 23.1 Å². The van der Waals surface area contributed by atoms with Gasteiger partial charge in [0, 0.05) is 44.5 Å². The Morgan fingerprint density at radius 1 is 1.03 bits per heavy atom. The van der Waals surface area contributed by atoms with Gasteiger partial charge in [0.05, 0.1) is 12.2 Å². The number of piperazine rings is 1. The molecule has 1 fully saturated rings. The fraction of sp³-hybridized carbons (Fsp3) is 0.429. The normalized spacial score (nSPS) is 16.3. The van der Waals surface area contributed by atoms with Crippen molar-refractivity contribution in [1.82, 2.24) is 19.8 Å². The van der Waals surface area contributed by atoms with Crippen LogP contribution >= 0.6 is 0 Å². The summed E-state index contributed by atoms with van der Waals surface area (Å²) >= 11 is 0. The van der Waals surface area contributed by atoms with Gasteiger partial charge in [0.2, 0.25) is 15.0 Å². The molecule has 1 aromatic heterocycles. The van der Waals surface area contributed by atoms with Crippen LogP contribution in [0.25, 0.3) is 0 Å². The second kappa shape index (κ2) is 9.22. The number of carbonyl (C=O) groups is 2. The smallest absolute Gasteiger partial charge is 0.410 e. The van der Waals surface area contributed by atoms with Crippen molar-refractivity contribution in [3.63, 3.8) is 0 Å². The molecule has 0 saturated carbocycles. The van der Waals surface area contributed by atoms with Crippen molar-refractivity contribution in [3.05, 3.63) is 47.2 Å². The van der Waals surface area contributed by atoms with Crippen molar-refractivity contribution in [1.29, 1.82) is 0 Å². The molecule has 0 unspecified atom stereocenters. The standard InChI is InChI=1S/C21H25N5O6S/c1-33(30,31)19-22-17-13-26(20(27)28)8-7-16(17)18(23-19)24-9-11-25(12-10-24)21(29)32-14-15-5-3-2-4-6-15/h2-6H,7-14H2,1H3,(H,27,28). The predicted molar refractivity (Wildman–Crippen MR) is 118 cm³/mol. The van der Waals surface area contributed by atoms with Gasteiger partial charge in [-0.2, -0.15) is 0 Å². The number of carbonyl (C=O) groups excluding carboxylic acids is 1. The maximum Gasteiger partial charge on any atom is 0.410 e. The molecule has 4 rings (SSSR count). The van der Waals surface area contributed by atoms with Gasteiger partial charge in [-0.3, -0.25) is 0 Å². The van der Waals surface area contributed by atoms with E-state index in [1.165, 1.54) is 4.90 Å². The number of benzene rings is 1. The number of hydrogen-bond donors (Lipinski definition) is 1. The Morgan fingerprint density at radius 2 is 1.73 bits per heavy atom. The van der Waals surface area contributed by atoms with Crippen LogP contribution in [0, 0.1) is 0 Å². The molecule has 176 valence electrons. The zero-order chi connectivity index (χ0) is 23.6. The third-order valence-corrected chi connectivity index (χ3v) is 6.51. The lowest BCUT2D eigenvalue weighted by molar-refractivity contribution is 0.0941. The van der Waals surface area contributed by atoms with Crippen LogP contribution in [0.15, 0.2) is 35.5 Å². The molecule has 11 nitrogen and oxygen atoms in total. The fourth-order valence-electron chi connectivity index (χ4n) is 3.89. The summed E-state index contributed by atoms with van der Waals surface area (Å²) in [6.07, 6.45) is -0.0707.